The van der Waals surface area contributed by atoms with Crippen molar-refractivity contribution in [1.29, 1.82) is 0 Å². The molecule has 0 radical (unpaired) electrons. The number of hydrogen-bond donors (Lipinski definition) is 0. The van der Waals surface area contributed by atoms with E-state index in [4.69, 9.17) is 9.26 Å². The lowest BCUT2D eigenvalue weighted by Gasteiger charge is -2.49. The molecule has 0 bridgehead atoms. The highest BCUT2D eigenvalue weighted by molar-refractivity contribution is 7.93. The smallest absolute Gasteiger partial charge is 0.231 e. The first-order valence-electron chi connectivity index (χ1n) is 10.5. The van der Waals surface area contributed by atoms with Gasteiger partial charge in [-0.1, -0.05) is 29.4 Å². The first kappa shape index (κ1) is 20.2. The molecule has 0 N–H and O–H groups in total. The van der Waals surface area contributed by atoms with Crippen LogP contribution in [0.15, 0.2) is 40.9 Å². The fourth-order valence-corrected chi connectivity index (χ4v) is 7.27. The Morgan fingerprint density at radius 1 is 1.23 bits per heavy atom. The normalized spacial score (nSPS) is 23.9. The van der Waals surface area contributed by atoms with E-state index in [1.165, 1.54) is 0 Å². The highest BCUT2D eigenvalue weighted by Gasteiger charge is 2.64. The van der Waals surface area contributed by atoms with Crippen molar-refractivity contribution < 1.29 is 22.5 Å². The minimum atomic E-state index is -3.35. The van der Waals surface area contributed by atoms with E-state index in [2.05, 4.69) is 10.1 Å². The molecule has 1 aromatic carbocycles. The Morgan fingerprint density at radius 3 is 2.61 bits per heavy atom. The highest BCUT2D eigenvalue weighted by atomic mass is 32.2. The van der Waals surface area contributed by atoms with Crippen molar-refractivity contribution >= 4 is 15.7 Å². The van der Waals surface area contributed by atoms with Crippen molar-refractivity contribution in [3.8, 4) is 5.75 Å². The van der Waals surface area contributed by atoms with Crippen LogP contribution < -0.4 is 4.74 Å². The molecule has 1 aliphatic carbocycles. The van der Waals surface area contributed by atoms with Gasteiger partial charge in [0.05, 0.1) is 18.8 Å². The molecule has 0 saturated carbocycles. The van der Waals surface area contributed by atoms with Gasteiger partial charge in [-0.15, -0.1) is 0 Å². The number of benzene rings is 1. The van der Waals surface area contributed by atoms with E-state index >= 15 is 0 Å². The van der Waals surface area contributed by atoms with Gasteiger partial charge in [0.1, 0.15) is 10.5 Å². The molecule has 2 aromatic rings. The standard InChI is InChI=1S/C22H25N3O5S/c1-29-17-8-6-15(7-9-17)12-19-23-20(30-24-19)18-10-11-31(27,28)22(18)13-25(14-22)21(26)16-4-2-3-5-16/h2-3,6-9,16,18H,4-5,10-14H2,1H3. The van der Waals surface area contributed by atoms with E-state index in [1.54, 1.807) is 12.0 Å². The maximum Gasteiger partial charge on any atom is 0.231 e. The van der Waals surface area contributed by atoms with Crippen LogP contribution in [0.4, 0.5) is 0 Å². The first-order valence-corrected chi connectivity index (χ1v) is 12.2. The number of sulfone groups is 1. The molecule has 1 spiro atoms. The average Bonchev–Trinajstić information content (AvgIpc) is 3.46. The SMILES string of the molecule is COc1ccc(Cc2noc(C3CCS(=O)(=O)C34CN(C(=O)C3CC=CC3)C4)n2)cc1. The van der Waals surface area contributed by atoms with E-state index in [-0.39, 0.29) is 36.6 Å². The van der Waals surface area contributed by atoms with Crippen molar-refractivity contribution in [3.63, 3.8) is 0 Å². The third-order valence-corrected chi connectivity index (χ3v) is 9.37. The zero-order valence-corrected chi connectivity index (χ0v) is 18.2. The van der Waals surface area contributed by atoms with Crippen LogP contribution in [0.25, 0.3) is 0 Å². The Hall–Kier alpha value is -2.68. The summed E-state index contributed by atoms with van der Waals surface area (Å²) >= 11 is 0. The molecule has 1 amide bonds. The zero-order valence-electron chi connectivity index (χ0n) is 17.4. The minimum Gasteiger partial charge on any atom is -0.497 e. The maximum atomic E-state index is 12.9. The lowest BCUT2D eigenvalue weighted by Crippen LogP contribution is -2.68. The number of ether oxygens (including phenoxy) is 1. The zero-order chi connectivity index (χ0) is 21.6. The molecule has 1 aromatic heterocycles. The molecule has 1 unspecified atom stereocenters. The largest absolute Gasteiger partial charge is 0.497 e. The summed E-state index contributed by atoms with van der Waals surface area (Å²) in [6, 6.07) is 7.61. The van der Waals surface area contributed by atoms with Crippen LogP contribution in [-0.4, -0.2) is 60.1 Å². The fraction of sp³-hybridized carbons (Fsp3) is 0.500. The summed E-state index contributed by atoms with van der Waals surface area (Å²) in [6.45, 7) is 0.428. The second kappa shape index (κ2) is 7.47. The lowest BCUT2D eigenvalue weighted by atomic mass is 9.82. The Balaban J connectivity index is 1.32. The van der Waals surface area contributed by atoms with Gasteiger partial charge in [0.2, 0.25) is 11.8 Å². The fourth-order valence-electron chi connectivity index (χ4n) is 4.96. The predicted molar refractivity (Wildman–Crippen MR) is 112 cm³/mol. The van der Waals surface area contributed by atoms with E-state index in [1.807, 2.05) is 36.4 Å². The number of nitrogens with zero attached hydrogens (tertiary/aromatic N) is 3. The van der Waals surface area contributed by atoms with E-state index in [9.17, 15) is 13.2 Å². The quantitative estimate of drug-likeness (QED) is 0.652. The second-order valence-corrected chi connectivity index (χ2v) is 11.1. The summed E-state index contributed by atoms with van der Waals surface area (Å²) in [5.74, 6) is 1.35. The summed E-state index contributed by atoms with van der Waals surface area (Å²) in [4.78, 5) is 18.9. The van der Waals surface area contributed by atoms with Crippen LogP contribution in [0.5, 0.6) is 5.75 Å². The monoisotopic (exact) mass is 443 g/mol. The summed E-state index contributed by atoms with van der Waals surface area (Å²) in [7, 11) is -1.73. The first-order chi connectivity index (χ1) is 14.9. The van der Waals surface area contributed by atoms with Crippen LogP contribution in [0.2, 0.25) is 0 Å². The summed E-state index contributed by atoms with van der Waals surface area (Å²) in [5.41, 5.74) is 1.01. The van der Waals surface area contributed by atoms with Crippen molar-refractivity contribution in [2.75, 3.05) is 26.0 Å². The van der Waals surface area contributed by atoms with Gasteiger partial charge in [0.25, 0.3) is 0 Å². The van der Waals surface area contributed by atoms with Crippen LogP contribution in [-0.2, 0) is 21.1 Å². The van der Waals surface area contributed by atoms with Crippen molar-refractivity contribution in [2.45, 2.75) is 36.3 Å². The number of aromatic nitrogens is 2. The topological polar surface area (TPSA) is 103 Å². The number of carbonyl (C=O) groups excluding carboxylic acids is 1. The molecular weight excluding hydrogens is 418 g/mol. The van der Waals surface area contributed by atoms with E-state index < -0.39 is 14.6 Å². The number of rotatable bonds is 5. The van der Waals surface area contributed by atoms with Gasteiger partial charge >= 0.3 is 0 Å². The van der Waals surface area contributed by atoms with Gasteiger partial charge in [-0.3, -0.25) is 4.79 Å². The summed E-state index contributed by atoms with van der Waals surface area (Å²) < 4.78 is 35.6. The van der Waals surface area contributed by atoms with Gasteiger partial charge in [-0.2, -0.15) is 4.98 Å². The number of amides is 1. The molecule has 3 aliphatic rings. The minimum absolute atomic E-state index is 0.0437. The maximum absolute atomic E-state index is 12.9. The van der Waals surface area contributed by atoms with E-state index in [0.717, 1.165) is 24.2 Å². The van der Waals surface area contributed by atoms with Crippen molar-refractivity contribution in [1.82, 2.24) is 15.0 Å². The molecule has 3 heterocycles. The molecule has 8 nitrogen and oxygen atoms in total. The van der Waals surface area contributed by atoms with Crippen LogP contribution in [0.3, 0.4) is 0 Å². The van der Waals surface area contributed by atoms with Crippen molar-refractivity contribution in [3.05, 3.63) is 53.7 Å². The van der Waals surface area contributed by atoms with E-state index in [0.29, 0.717) is 24.6 Å². The van der Waals surface area contributed by atoms with Gasteiger partial charge in [-0.05, 0) is 37.0 Å². The number of methoxy groups -OCH3 is 1. The van der Waals surface area contributed by atoms with Crippen LogP contribution >= 0.6 is 0 Å². The molecule has 2 fully saturated rings. The van der Waals surface area contributed by atoms with Gasteiger partial charge in [-0.25, -0.2) is 8.42 Å². The second-order valence-electron chi connectivity index (χ2n) is 8.63. The molecule has 1 atom stereocenters. The van der Waals surface area contributed by atoms with Crippen molar-refractivity contribution in [2.24, 2.45) is 5.92 Å². The van der Waals surface area contributed by atoms with Gasteiger partial charge in [0, 0.05) is 25.4 Å². The molecule has 5 rings (SSSR count). The molecule has 2 aliphatic heterocycles. The number of allylic oxidation sites excluding steroid dienone is 2. The molecule has 31 heavy (non-hydrogen) atoms. The average molecular weight is 444 g/mol. The Kier molecular flexibility index (Phi) is 4.88. The number of likely N-dealkylation sites (tertiary alicyclic amines) is 1. The lowest BCUT2D eigenvalue weighted by molar-refractivity contribution is -0.141. The predicted octanol–water partition coefficient (Wildman–Crippen LogP) is 2.12. The van der Waals surface area contributed by atoms with Gasteiger partial charge < -0.3 is 14.2 Å². The van der Waals surface area contributed by atoms with Crippen LogP contribution in [0.1, 0.15) is 42.5 Å². The number of carbonyl (C=O) groups is 1. The Labute approximate surface area is 181 Å². The summed E-state index contributed by atoms with van der Waals surface area (Å²) in [6.07, 6.45) is 6.42. The molecular formula is C22H25N3O5S. The molecule has 164 valence electrons. The van der Waals surface area contributed by atoms with Crippen LogP contribution in [0, 0.1) is 5.92 Å². The number of hydrogen-bond acceptors (Lipinski definition) is 7. The Bertz CT molecular complexity index is 1110. The third-order valence-electron chi connectivity index (χ3n) is 6.82. The molecule has 2 saturated heterocycles. The van der Waals surface area contributed by atoms with Gasteiger partial charge in [0.15, 0.2) is 15.7 Å². The summed E-state index contributed by atoms with van der Waals surface area (Å²) in [5, 5.41) is 4.09. The highest BCUT2D eigenvalue weighted by Crippen LogP contribution is 2.50. The Morgan fingerprint density at radius 2 is 1.94 bits per heavy atom. The molecule has 9 heteroatoms. The third kappa shape index (κ3) is 3.35.